The van der Waals surface area contributed by atoms with E-state index in [4.69, 9.17) is 0 Å². The number of rotatable bonds is 11. The van der Waals surface area contributed by atoms with E-state index in [0.29, 0.717) is 6.42 Å². The Bertz CT molecular complexity index is 789. The van der Waals surface area contributed by atoms with Gasteiger partial charge in [0.05, 0.1) is 11.8 Å². The molecule has 0 heterocycles. The fourth-order valence-electron chi connectivity index (χ4n) is 3.04. The summed E-state index contributed by atoms with van der Waals surface area (Å²) in [5, 5.41) is 2.93. The third-order valence-electron chi connectivity index (χ3n) is 4.51. The number of amides is 1. The van der Waals surface area contributed by atoms with Gasteiger partial charge in [0.25, 0.3) is 0 Å². The average molecular weight is 388 g/mol. The smallest absolute Gasteiger partial charge is 0.235 e. The van der Waals surface area contributed by atoms with Gasteiger partial charge in [-0.2, -0.15) is 0 Å². The Morgan fingerprint density at radius 3 is 2.22 bits per heavy atom. The summed E-state index contributed by atoms with van der Waals surface area (Å²) < 4.78 is 24.3. The number of benzene rings is 2. The first-order valence-electron chi connectivity index (χ1n) is 9.59. The number of hydrogen-bond acceptors (Lipinski definition) is 3. The second kappa shape index (κ2) is 10.9. The van der Waals surface area contributed by atoms with Crippen molar-refractivity contribution in [1.29, 1.82) is 0 Å². The number of sulfone groups is 1. The van der Waals surface area contributed by atoms with E-state index in [0.717, 1.165) is 31.2 Å². The van der Waals surface area contributed by atoms with Gasteiger partial charge >= 0.3 is 0 Å². The molecule has 4 nitrogen and oxygen atoms in total. The molecule has 1 amide bonds. The average Bonchev–Trinajstić information content (AvgIpc) is 2.66. The molecule has 2 rings (SSSR count). The van der Waals surface area contributed by atoms with Crippen molar-refractivity contribution in [2.75, 3.05) is 11.5 Å². The molecule has 0 aromatic heterocycles. The molecule has 0 bridgehead atoms. The van der Waals surface area contributed by atoms with E-state index in [1.807, 2.05) is 55.5 Å². The highest BCUT2D eigenvalue weighted by Gasteiger charge is 2.20. The van der Waals surface area contributed by atoms with Gasteiger partial charge < -0.3 is 5.32 Å². The summed E-state index contributed by atoms with van der Waals surface area (Å²) in [7, 11) is -3.36. The molecule has 1 atom stereocenters. The van der Waals surface area contributed by atoms with Crippen LogP contribution in [-0.2, 0) is 21.1 Å². The lowest BCUT2D eigenvalue weighted by Gasteiger charge is -2.19. The summed E-state index contributed by atoms with van der Waals surface area (Å²) in [6.45, 7) is 2.02. The van der Waals surface area contributed by atoms with Crippen LogP contribution in [0.5, 0.6) is 0 Å². The van der Waals surface area contributed by atoms with E-state index in [2.05, 4.69) is 17.4 Å². The molecule has 1 unspecified atom stereocenters. The molecule has 0 aliphatic heterocycles. The van der Waals surface area contributed by atoms with Gasteiger partial charge in [-0.1, -0.05) is 80.4 Å². The molecular formula is C22H29NO3S. The zero-order valence-electron chi connectivity index (χ0n) is 15.9. The number of carbonyl (C=O) groups is 1. The molecule has 0 aliphatic carbocycles. The SMILES string of the molecule is CCCCCS(=O)(=O)CC(=O)NC(CCc1ccccc1)c1ccccc1. The van der Waals surface area contributed by atoms with Gasteiger partial charge in [0.15, 0.2) is 9.84 Å². The summed E-state index contributed by atoms with van der Waals surface area (Å²) in [5.41, 5.74) is 2.19. The molecule has 2 aromatic carbocycles. The second-order valence-corrected chi connectivity index (χ2v) is 9.04. The molecule has 146 valence electrons. The van der Waals surface area contributed by atoms with Crippen LogP contribution in [0.2, 0.25) is 0 Å². The lowest BCUT2D eigenvalue weighted by atomic mass is 9.99. The monoisotopic (exact) mass is 387 g/mol. The Labute approximate surface area is 162 Å². The van der Waals surface area contributed by atoms with E-state index in [1.54, 1.807) is 0 Å². The van der Waals surface area contributed by atoms with Crippen LogP contribution in [0, 0.1) is 0 Å². The van der Waals surface area contributed by atoms with Crippen molar-refractivity contribution in [2.24, 2.45) is 0 Å². The molecule has 0 fully saturated rings. The lowest BCUT2D eigenvalue weighted by molar-refractivity contribution is -0.119. The van der Waals surface area contributed by atoms with Crippen molar-refractivity contribution in [3.8, 4) is 0 Å². The first-order chi connectivity index (χ1) is 13.0. The largest absolute Gasteiger partial charge is 0.348 e. The molecule has 1 N–H and O–H groups in total. The topological polar surface area (TPSA) is 63.2 Å². The van der Waals surface area contributed by atoms with Gasteiger partial charge in [-0.25, -0.2) is 8.42 Å². The summed E-state index contributed by atoms with van der Waals surface area (Å²) >= 11 is 0. The third-order valence-corrected chi connectivity index (χ3v) is 6.12. The normalized spacial score (nSPS) is 12.5. The van der Waals surface area contributed by atoms with Gasteiger partial charge in [0.2, 0.25) is 5.91 Å². The van der Waals surface area contributed by atoms with Crippen LogP contribution in [0.25, 0.3) is 0 Å². The summed E-state index contributed by atoms with van der Waals surface area (Å²) in [6, 6.07) is 19.6. The first kappa shape index (κ1) is 21.2. The fourth-order valence-corrected chi connectivity index (χ4v) is 4.31. The van der Waals surface area contributed by atoms with Crippen molar-refractivity contribution in [3.05, 3.63) is 71.8 Å². The molecule has 0 aliphatic rings. The minimum absolute atomic E-state index is 0.0777. The number of nitrogens with one attached hydrogen (secondary N) is 1. The Morgan fingerprint density at radius 2 is 1.59 bits per heavy atom. The Kier molecular flexibility index (Phi) is 8.52. The lowest BCUT2D eigenvalue weighted by Crippen LogP contribution is -2.34. The minimum atomic E-state index is -3.36. The van der Waals surface area contributed by atoms with Crippen LogP contribution >= 0.6 is 0 Å². The highest BCUT2D eigenvalue weighted by atomic mass is 32.2. The summed E-state index contributed by atoms with van der Waals surface area (Å²) in [5.74, 6) is -0.784. The Morgan fingerprint density at radius 1 is 0.963 bits per heavy atom. The zero-order chi connectivity index (χ0) is 19.5. The van der Waals surface area contributed by atoms with Crippen LogP contribution < -0.4 is 5.32 Å². The molecule has 5 heteroatoms. The molecule has 0 spiro atoms. The number of hydrogen-bond donors (Lipinski definition) is 1. The maximum absolute atomic E-state index is 12.4. The van der Waals surface area contributed by atoms with Gasteiger partial charge in [0, 0.05) is 0 Å². The van der Waals surface area contributed by atoms with E-state index in [9.17, 15) is 13.2 Å². The highest BCUT2D eigenvalue weighted by molar-refractivity contribution is 7.92. The van der Waals surface area contributed by atoms with Crippen LogP contribution in [0.1, 0.15) is 49.8 Å². The quantitative estimate of drug-likeness (QED) is 0.591. The van der Waals surface area contributed by atoms with E-state index in [1.165, 1.54) is 5.56 Å². The molecule has 2 aromatic rings. The summed E-state index contributed by atoms with van der Waals surface area (Å²) in [4.78, 5) is 12.4. The molecule has 0 saturated carbocycles. The molecule has 27 heavy (non-hydrogen) atoms. The number of carbonyl (C=O) groups excluding carboxylic acids is 1. The Balaban J connectivity index is 2.00. The van der Waals surface area contributed by atoms with Crippen molar-refractivity contribution < 1.29 is 13.2 Å². The molecule has 0 saturated heterocycles. The summed E-state index contributed by atoms with van der Waals surface area (Å²) in [6.07, 6.45) is 3.96. The van der Waals surface area contributed by atoms with Gasteiger partial charge in [-0.3, -0.25) is 4.79 Å². The van der Waals surface area contributed by atoms with E-state index in [-0.39, 0.29) is 11.8 Å². The van der Waals surface area contributed by atoms with Crippen LogP contribution in [0.15, 0.2) is 60.7 Å². The first-order valence-corrected chi connectivity index (χ1v) is 11.4. The van der Waals surface area contributed by atoms with Crippen LogP contribution in [0.4, 0.5) is 0 Å². The van der Waals surface area contributed by atoms with E-state index < -0.39 is 21.5 Å². The van der Waals surface area contributed by atoms with Crippen molar-refractivity contribution in [2.45, 2.75) is 45.1 Å². The minimum Gasteiger partial charge on any atom is -0.348 e. The predicted octanol–water partition coefficient (Wildman–Crippen LogP) is 4.08. The van der Waals surface area contributed by atoms with Crippen LogP contribution in [-0.4, -0.2) is 25.8 Å². The standard InChI is InChI=1S/C22H29NO3S/c1-2-3-10-17-27(25,26)18-22(24)23-21(20-13-8-5-9-14-20)16-15-19-11-6-4-7-12-19/h4-9,11-14,21H,2-3,10,15-18H2,1H3,(H,23,24). The maximum atomic E-state index is 12.4. The van der Waals surface area contributed by atoms with Crippen molar-refractivity contribution in [3.63, 3.8) is 0 Å². The Hall–Kier alpha value is -2.14. The molecular weight excluding hydrogens is 358 g/mol. The van der Waals surface area contributed by atoms with Gasteiger partial charge in [-0.15, -0.1) is 0 Å². The highest BCUT2D eigenvalue weighted by Crippen LogP contribution is 2.19. The number of aryl methyl sites for hydroxylation is 1. The van der Waals surface area contributed by atoms with Gasteiger partial charge in [-0.05, 0) is 30.4 Å². The van der Waals surface area contributed by atoms with Gasteiger partial charge in [0.1, 0.15) is 5.75 Å². The van der Waals surface area contributed by atoms with E-state index >= 15 is 0 Å². The fraction of sp³-hybridized carbons (Fsp3) is 0.409. The predicted molar refractivity (Wildman–Crippen MR) is 110 cm³/mol. The van der Waals surface area contributed by atoms with Crippen LogP contribution in [0.3, 0.4) is 0 Å². The van der Waals surface area contributed by atoms with Crippen molar-refractivity contribution >= 4 is 15.7 Å². The maximum Gasteiger partial charge on any atom is 0.235 e. The third kappa shape index (κ3) is 7.95. The zero-order valence-corrected chi connectivity index (χ0v) is 16.8. The molecule has 0 radical (unpaired) electrons. The second-order valence-electron chi connectivity index (χ2n) is 6.85. The number of unbranched alkanes of at least 4 members (excludes halogenated alkanes) is 2. The van der Waals surface area contributed by atoms with Crippen molar-refractivity contribution in [1.82, 2.24) is 5.32 Å².